The summed E-state index contributed by atoms with van der Waals surface area (Å²) in [6.45, 7) is 5.07. The lowest BCUT2D eigenvalue weighted by Crippen LogP contribution is -2.50. The summed E-state index contributed by atoms with van der Waals surface area (Å²) in [4.78, 5) is 0. The van der Waals surface area contributed by atoms with Gasteiger partial charge in [-0.25, -0.2) is 5.32 Å². The van der Waals surface area contributed by atoms with Gasteiger partial charge in [-0.1, -0.05) is 6.08 Å². The third-order valence-corrected chi connectivity index (χ3v) is 1.53. The van der Waals surface area contributed by atoms with Crippen LogP contribution in [0.2, 0.25) is 0 Å². The summed E-state index contributed by atoms with van der Waals surface area (Å²) < 4.78 is 0. The van der Waals surface area contributed by atoms with E-state index in [-0.39, 0.29) is 6.04 Å². The Bertz CT molecular complexity index is 116. The Labute approximate surface area is 61.1 Å². The fourth-order valence-electron chi connectivity index (χ4n) is 1.06. The number of aliphatic hydroxyl groups is 1. The van der Waals surface area contributed by atoms with E-state index in [1.165, 1.54) is 0 Å². The first-order valence-corrected chi connectivity index (χ1v) is 3.52. The van der Waals surface area contributed by atoms with E-state index < -0.39 is 6.23 Å². The highest BCUT2D eigenvalue weighted by molar-refractivity contribution is 4.83. The maximum absolute atomic E-state index is 9.04. The smallest absolute Gasteiger partial charge is 0.132 e. The molecular weight excluding hydrogens is 128 g/mol. The van der Waals surface area contributed by atoms with Crippen molar-refractivity contribution in [1.82, 2.24) is 10.6 Å². The van der Waals surface area contributed by atoms with Crippen molar-refractivity contribution in [3.63, 3.8) is 0 Å². The Morgan fingerprint density at radius 1 is 1.70 bits per heavy atom. The normalized spacial score (nSPS) is 33.7. The van der Waals surface area contributed by atoms with E-state index in [9.17, 15) is 0 Å². The molecule has 1 heterocycles. The lowest BCUT2D eigenvalue weighted by Gasteiger charge is -2.25. The predicted molar refractivity (Wildman–Crippen MR) is 39.6 cm³/mol. The SMILES string of the molecule is C=CCC1CNCC(O)[N]1. The standard InChI is InChI=1S/C7H13N2O/c1-2-3-6-4-8-5-7(10)9-6/h2,6-8,10H,1,3-5H2. The zero-order chi connectivity index (χ0) is 7.40. The second kappa shape index (κ2) is 3.71. The van der Waals surface area contributed by atoms with Crippen LogP contribution in [0.15, 0.2) is 12.7 Å². The molecule has 3 heteroatoms. The molecule has 1 saturated heterocycles. The van der Waals surface area contributed by atoms with E-state index in [2.05, 4.69) is 17.2 Å². The van der Waals surface area contributed by atoms with Crippen molar-refractivity contribution < 1.29 is 5.11 Å². The zero-order valence-electron chi connectivity index (χ0n) is 5.95. The molecule has 1 aliphatic heterocycles. The second-order valence-electron chi connectivity index (χ2n) is 2.47. The number of rotatable bonds is 2. The Morgan fingerprint density at radius 3 is 3.10 bits per heavy atom. The summed E-state index contributed by atoms with van der Waals surface area (Å²) in [6, 6.07) is 0.223. The number of nitrogens with zero attached hydrogens (tertiary/aromatic N) is 1. The molecule has 0 amide bonds. The van der Waals surface area contributed by atoms with Gasteiger partial charge in [0.25, 0.3) is 0 Å². The van der Waals surface area contributed by atoms with Gasteiger partial charge in [-0.15, -0.1) is 6.58 Å². The van der Waals surface area contributed by atoms with E-state index in [0.29, 0.717) is 6.54 Å². The topological polar surface area (TPSA) is 46.4 Å². The number of β-amino-alcohol motifs (C(OH)–C–C–N with tert-alkyl or cyclic N) is 1. The van der Waals surface area contributed by atoms with Crippen molar-refractivity contribution in [2.24, 2.45) is 0 Å². The van der Waals surface area contributed by atoms with Crippen LogP contribution < -0.4 is 10.6 Å². The van der Waals surface area contributed by atoms with Crippen molar-refractivity contribution in [2.45, 2.75) is 18.7 Å². The Morgan fingerprint density at radius 2 is 2.50 bits per heavy atom. The van der Waals surface area contributed by atoms with Gasteiger partial charge in [-0.2, -0.15) is 0 Å². The molecule has 1 rings (SSSR count). The van der Waals surface area contributed by atoms with E-state index in [0.717, 1.165) is 13.0 Å². The average Bonchev–Trinajstić information content (AvgIpc) is 1.88. The van der Waals surface area contributed by atoms with Crippen LogP contribution in [0.3, 0.4) is 0 Å². The van der Waals surface area contributed by atoms with Crippen molar-refractivity contribution in [3.8, 4) is 0 Å². The van der Waals surface area contributed by atoms with Crippen molar-refractivity contribution in [2.75, 3.05) is 13.1 Å². The molecule has 0 aromatic heterocycles. The van der Waals surface area contributed by atoms with Gasteiger partial charge in [-0.05, 0) is 6.42 Å². The lowest BCUT2D eigenvalue weighted by molar-refractivity contribution is 0.0937. The van der Waals surface area contributed by atoms with Crippen LogP contribution in [0.5, 0.6) is 0 Å². The monoisotopic (exact) mass is 141 g/mol. The number of piperazine rings is 1. The van der Waals surface area contributed by atoms with Crippen molar-refractivity contribution in [1.29, 1.82) is 0 Å². The van der Waals surface area contributed by atoms with Gasteiger partial charge in [0.1, 0.15) is 6.23 Å². The van der Waals surface area contributed by atoms with Gasteiger partial charge in [0, 0.05) is 19.1 Å². The van der Waals surface area contributed by atoms with Crippen LogP contribution >= 0.6 is 0 Å². The molecule has 2 unspecified atom stereocenters. The summed E-state index contributed by atoms with van der Waals surface area (Å²) >= 11 is 0. The maximum atomic E-state index is 9.04. The summed E-state index contributed by atoms with van der Waals surface area (Å²) in [5, 5.41) is 16.2. The maximum Gasteiger partial charge on any atom is 0.132 e. The van der Waals surface area contributed by atoms with Gasteiger partial charge >= 0.3 is 0 Å². The molecule has 10 heavy (non-hydrogen) atoms. The van der Waals surface area contributed by atoms with E-state index in [1.54, 1.807) is 0 Å². The predicted octanol–water partition coefficient (Wildman–Crippen LogP) is -0.543. The first kappa shape index (κ1) is 7.72. The summed E-state index contributed by atoms with van der Waals surface area (Å²) in [5.74, 6) is 0. The first-order chi connectivity index (χ1) is 4.83. The van der Waals surface area contributed by atoms with Gasteiger partial charge in [0.15, 0.2) is 0 Å². The first-order valence-electron chi connectivity index (χ1n) is 3.52. The summed E-state index contributed by atoms with van der Waals surface area (Å²) in [6.07, 6.45) is 2.16. The Kier molecular flexibility index (Phi) is 2.86. The van der Waals surface area contributed by atoms with E-state index in [4.69, 9.17) is 5.11 Å². The van der Waals surface area contributed by atoms with Crippen molar-refractivity contribution >= 4 is 0 Å². The van der Waals surface area contributed by atoms with Crippen LogP contribution in [-0.2, 0) is 0 Å². The number of hydrogen-bond acceptors (Lipinski definition) is 2. The number of hydrogen-bond donors (Lipinski definition) is 2. The van der Waals surface area contributed by atoms with Crippen LogP contribution in [0.1, 0.15) is 6.42 Å². The molecule has 0 saturated carbocycles. The molecule has 0 aliphatic carbocycles. The van der Waals surface area contributed by atoms with Crippen LogP contribution in [0.4, 0.5) is 0 Å². The highest BCUT2D eigenvalue weighted by Gasteiger charge is 2.18. The molecule has 1 radical (unpaired) electrons. The molecule has 0 aromatic carbocycles. The highest BCUT2D eigenvalue weighted by atomic mass is 16.3. The minimum Gasteiger partial charge on any atom is -0.376 e. The molecule has 57 valence electrons. The molecule has 1 aliphatic rings. The van der Waals surface area contributed by atoms with Crippen molar-refractivity contribution in [3.05, 3.63) is 12.7 Å². The quantitative estimate of drug-likeness (QED) is 0.507. The largest absolute Gasteiger partial charge is 0.376 e. The van der Waals surface area contributed by atoms with Gasteiger partial charge in [0.05, 0.1) is 0 Å². The summed E-state index contributed by atoms with van der Waals surface area (Å²) in [5.41, 5.74) is 0. The molecule has 0 aromatic rings. The molecule has 0 spiro atoms. The van der Waals surface area contributed by atoms with Gasteiger partial charge in [-0.3, -0.25) is 0 Å². The van der Waals surface area contributed by atoms with Crippen LogP contribution in [-0.4, -0.2) is 30.5 Å². The molecule has 2 N–H and O–H groups in total. The fourth-order valence-corrected chi connectivity index (χ4v) is 1.06. The molecular formula is C7H13N2O. The van der Waals surface area contributed by atoms with Gasteiger partial charge < -0.3 is 10.4 Å². The number of nitrogens with one attached hydrogen (secondary N) is 1. The van der Waals surface area contributed by atoms with E-state index in [1.807, 2.05) is 6.08 Å². The highest BCUT2D eigenvalue weighted by Crippen LogP contribution is 1.99. The zero-order valence-corrected chi connectivity index (χ0v) is 5.95. The summed E-state index contributed by atoms with van der Waals surface area (Å²) in [7, 11) is 0. The minimum atomic E-state index is -0.515. The van der Waals surface area contributed by atoms with Crippen LogP contribution in [0.25, 0.3) is 0 Å². The van der Waals surface area contributed by atoms with Crippen LogP contribution in [0, 0.1) is 0 Å². The Balaban J connectivity index is 2.24. The second-order valence-corrected chi connectivity index (χ2v) is 2.47. The van der Waals surface area contributed by atoms with Gasteiger partial charge in [0.2, 0.25) is 0 Å². The molecule has 2 atom stereocenters. The third kappa shape index (κ3) is 2.10. The van der Waals surface area contributed by atoms with E-state index >= 15 is 0 Å². The average molecular weight is 141 g/mol. The Hall–Kier alpha value is -0.380. The minimum absolute atomic E-state index is 0.223. The lowest BCUT2D eigenvalue weighted by atomic mass is 10.1. The third-order valence-electron chi connectivity index (χ3n) is 1.53. The molecule has 1 fully saturated rings. The molecule has 3 nitrogen and oxygen atoms in total. The molecule has 0 bridgehead atoms. The fraction of sp³-hybridized carbons (Fsp3) is 0.714. The number of aliphatic hydroxyl groups excluding tert-OH is 1.